The molecule has 2 aliphatic heterocycles. The van der Waals surface area contributed by atoms with Crippen LogP contribution in [-0.2, 0) is 16.0 Å². The van der Waals surface area contributed by atoms with Crippen LogP contribution >= 0.6 is 11.6 Å². The van der Waals surface area contributed by atoms with E-state index < -0.39 is 0 Å². The highest BCUT2D eigenvalue weighted by Crippen LogP contribution is 2.40. The summed E-state index contributed by atoms with van der Waals surface area (Å²) in [6.45, 7) is 2.74. The first-order chi connectivity index (χ1) is 10.1. The van der Waals surface area contributed by atoms with Crippen molar-refractivity contribution in [2.45, 2.75) is 38.3 Å². The molecule has 2 atom stereocenters. The Morgan fingerprint density at radius 2 is 2.19 bits per heavy atom. The number of fused-ring (bicyclic) bond motifs is 3. The Kier molecular flexibility index (Phi) is 3.75. The molecule has 1 fully saturated rings. The molecular weight excluding hydrogens is 292 g/mol. The number of aromatic nitrogens is 2. The number of methoxy groups -OCH3 is 1. The number of ether oxygens (including phenoxy) is 1. The molecule has 7 heteroatoms. The number of hydrogen-bond donors (Lipinski definition) is 0. The van der Waals surface area contributed by atoms with Gasteiger partial charge in [-0.25, -0.2) is 4.98 Å². The molecular formula is C14H19ClN4O2. The molecule has 2 aliphatic rings. The molecule has 1 saturated heterocycles. The van der Waals surface area contributed by atoms with Gasteiger partial charge in [0, 0.05) is 27.1 Å². The number of nitrogens with zero attached hydrogens (tertiary/aromatic N) is 4. The molecule has 1 aromatic rings. The van der Waals surface area contributed by atoms with Gasteiger partial charge in [-0.1, -0.05) is 6.92 Å². The number of piperidine rings is 1. The van der Waals surface area contributed by atoms with Crippen LogP contribution in [0.4, 0.5) is 11.5 Å². The third kappa shape index (κ3) is 2.26. The monoisotopic (exact) mass is 310 g/mol. The smallest absolute Gasteiger partial charge is 0.249 e. The van der Waals surface area contributed by atoms with Gasteiger partial charge in [-0.2, -0.15) is 4.98 Å². The van der Waals surface area contributed by atoms with Gasteiger partial charge in [0.2, 0.25) is 11.2 Å². The Balaban J connectivity index is 2.09. The number of carbonyl (C=O) groups is 1. The van der Waals surface area contributed by atoms with E-state index in [0.29, 0.717) is 12.8 Å². The van der Waals surface area contributed by atoms with Crippen LogP contribution in [0.25, 0.3) is 0 Å². The molecule has 3 heterocycles. The normalized spacial score (nSPS) is 24.9. The topological polar surface area (TPSA) is 58.6 Å². The summed E-state index contributed by atoms with van der Waals surface area (Å²) < 4.78 is 5.42. The number of rotatable bonds is 2. The third-order valence-corrected chi connectivity index (χ3v) is 4.53. The van der Waals surface area contributed by atoms with E-state index in [2.05, 4.69) is 14.9 Å². The van der Waals surface area contributed by atoms with E-state index in [1.165, 1.54) is 0 Å². The van der Waals surface area contributed by atoms with Crippen molar-refractivity contribution in [3.05, 3.63) is 11.0 Å². The summed E-state index contributed by atoms with van der Waals surface area (Å²) in [5.74, 6) is 0.846. The van der Waals surface area contributed by atoms with Gasteiger partial charge in [0.1, 0.15) is 11.7 Å². The lowest BCUT2D eigenvalue weighted by molar-refractivity contribution is -0.121. The average Bonchev–Trinajstić information content (AvgIpc) is 2.51. The Hall–Kier alpha value is -1.40. The van der Waals surface area contributed by atoms with Crippen LogP contribution < -0.4 is 9.80 Å². The number of amides is 1. The van der Waals surface area contributed by atoms with Crippen molar-refractivity contribution in [2.75, 3.05) is 30.5 Å². The van der Waals surface area contributed by atoms with Gasteiger partial charge < -0.3 is 14.5 Å². The third-order valence-electron chi connectivity index (χ3n) is 4.36. The molecule has 21 heavy (non-hydrogen) atoms. The van der Waals surface area contributed by atoms with E-state index in [1.807, 2.05) is 6.92 Å². The van der Waals surface area contributed by atoms with E-state index in [-0.39, 0.29) is 23.3 Å². The molecule has 0 spiro atoms. The highest BCUT2D eigenvalue weighted by Gasteiger charge is 2.42. The highest BCUT2D eigenvalue weighted by atomic mass is 35.5. The van der Waals surface area contributed by atoms with E-state index in [1.54, 1.807) is 19.1 Å². The van der Waals surface area contributed by atoms with Crippen molar-refractivity contribution in [1.82, 2.24) is 9.97 Å². The molecule has 6 nitrogen and oxygen atoms in total. The predicted octanol–water partition coefficient (Wildman–Crippen LogP) is 1.65. The second-order valence-corrected chi connectivity index (χ2v) is 5.79. The second kappa shape index (κ2) is 5.42. The van der Waals surface area contributed by atoms with Crippen molar-refractivity contribution in [3.63, 3.8) is 0 Å². The summed E-state index contributed by atoms with van der Waals surface area (Å²) in [7, 11) is 3.48. The molecule has 0 bridgehead atoms. The zero-order valence-corrected chi connectivity index (χ0v) is 13.2. The lowest BCUT2D eigenvalue weighted by Crippen LogP contribution is -2.57. The van der Waals surface area contributed by atoms with Gasteiger partial charge in [-0.3, -0.25) is 4.79 Å². The molecule has 3 rings (SSSR count). The van der Waals surface area contributed by atoms with E-state index >= 15 is 0 Å². The molecule has 0 aliphatic carbocycles. The molecule has 0 radical (unpaired) electrons. The van der Waals surface area contributed by atoms with Crippen molar-refractivity contribution in [1.29, 1.82) is 0 Å². The molecule has 0 aromatic carbocycles. The zero-order valence-electron chi connectivity index (χ0n) is 12.5. The maximum Gasteiger partial charge on any atom is 0.249 e. The molecule has 1 aromatic heterocycles. The lowest BCUT2D eigenvalue weighted by Gasteiger charge is -2.45. The summed E-state index contributed by atoms with van der Waals surface area (Å²) >= 11 is 6.05. The van der Waals surface area contributed by atoms with Gasteiger partial charge in [0.15, 0.2) is 5.82 Å². The number of anilines is 2. The molecule has 114 valence electrons. The van der Waals surface area contributed by atoms with Crippen molar-refractivity contribution in [3.8, 4) is 0 Å². The van der Waals surface area contributed by atoms with Crippen LogP contribution in [0.2, 0.25) is 5.28 Å². The first kappa shape index (κ1) is 14.5. The fourth-order valence-corrected chi connectivity index (χ4v) is 3.40. The van der Waals surface area contributed by atoms with Gasteiger partial charge in [0.25, 0.3) is 0 Å². The number of likely N-dealkylation sites (N-methyl/N-ethyl adjacent to an activating group) is 1. The minimum absolute atomic E-state index is 0.0740. The average molecular weight is 311 g/mol. The first-order valence-corrected chi connectivity index (χ1v) is 7.58. The van der Waals surface area contributed by atoms with E-state index in [0.717, 1.165) is 30.2 Å². The molecule has 0 N–H and O–H groups in total. The van der Waals surface area contributed by atoms with Gasteiger partial charge in [-0.05, 0) is 24.4 Å². The highest BCUT2D eigenvalue weighted by molar-refractivity contribution is 6.28. The maximum absolute atomic E-state index is 12.7. The Labute approximate surface area is 129 Å². The molecule has 0 unspecified atom stereocenters. The quantitative estimate of drug-likeness (QED) is 0.777. The number of hydrogen-bond acceptors (Lipinski definition) is 5. The zero-order chi connectivity index (χ0) is 15.1. The predicted molar refractivity (Wildman–Crippen MR) is 81.0 cm³/mol. The fraction of sp³-hybridized carbons (Fsp3) is 0.643. The van der Waals surface area contributed by atoms with Crippen molar-refractivity contribution >= 4 is 29.0 Å². The van der Waals surface area contributed by atoms with Crippen molar-refractivity contribution < 1.29 is 9.53 Å². The summed E-state index contributed by atoms with van der Waals surface area (Å²) in [4.78, 5) is 25.1. The first-order valence-electron chi connectivity index (χ1n) is 7.20. The van der Waals surface area contributed by atoms with E-state index in [9.17, 15) is 4.79 Å². The van der Waals surface area contributed by atoms with Crippen LogP contribution in [0.15, 0.2) is 0 Å². The van der Waals surface area contributed by atoms with Crippen LogP contribution in [0, 0.1) is 0 Å². The van der Waals surface area contributed by atoms with E-state index in [4.69, 9.17) is 16.3 Å². The Morgan fingerprint density at radius 1 is 1.43 bits per heavy atom. The Morgan fingerprint density at radius 3 is 2.86 bits per heavy atom. The lowest BCUT2D eigenvalue weighted by atomic mass is 9.95. The minimum Gasteiger partial charge on any atom is -0.381 e. The SMILES string of the molecule is CCc1nc(Cl)nc2c1N(C)C(=O)[C@H]1C[C@@H](OC)CCN21. The van der Waals surface area contributed by atoms with Crippen LogP contribution in [0.3, 0.4) is 0 Å². The van der Waals surface area contributed by atoms with Crippen LogP contribution in [-0.4, -0.2) is 48.7 Å². The maximum atomic E-state index is 12.7. The van der Waals surface area contributed by atoms with Crippen LogP contribution in [0.1, 0.15) is 25.5 Å². The summed E-state index contributed by atoms with van der Waals surface area (Å²) in [6, 6.07) is -0.225. The standard InChI is InChI=1S/C14H19ClN4O2/c1-4-9-11-12(17-14(15)16-9)19-6-5-8(21-3)7-10(19)13(20)18(11)2/h8,10H,4-7H2,1-3H3/t8-,10+/m0/s1. The number of carbonyl (C=O) groups excluding carboxylic acids is 1. The number of halogens is 1. The molecule has 0 saturated carbocycles. The number of aryl methyl sites for hydroxylation is 1. The summed E-state index contributed by atoms with van der Waals surface area (Å²) in [5.41, 5.74) is 1.60. The minimum atomic E-state index is -0.225. The fourth-order valence-electron chi connectivity index (χ4n) is 3.22. The van der Waals surface area contributed by atoms with Gasteiger partial charge in [-0.15, -0.1) is 0 Å². The Bertz CT molecular complexity index is 580. The van der Waals surface area contributed by atoms with Gasteiger partial charge in [0.05, 0.1) is 11.8 Å². The van der Waals surface area contributed by atoms with Crippen molar-refractivity contribution in [2.24, 2.45) is 0 Å². The second-order valence-electron chi connectivity index (χ2n) is 5.45. The van der Waals surface area contributed by atoms with Crippen LogP contribution in [0.5, 0.6) is 0 Å². The largest absolute Gasteiger partial charge is 0.381 e. The summed E-state index contributed by atoms with van der Waals surface area (Å²) in [5, 5.41) is 0.237. The van der Waals surface area contributed by atoms with Gasteiger partial charge >= 0.3 is 0 Å². The summed E-state index contributed by atoms with van der Waals surface area (Å²) in [6.07, 6.45) is 2.39. The molecule has 1 amide bonds.